The third-order valence-corrected chi connectivity index (χ3v) is 5.79. The molecular weight excluding hydrogens is 270 g/mol. The molecule has 20 heavy (non-hydrogen) atoms. The summed E-state index contributed by atoms with van der Waals surface area (Å²) >= 11 is 2.02. The second kappa shape index (κ2) is 4.97. The van der Waals surface area contributed by atoms with E-state index in [1.807, 2.05) is 16.7 Å². The van der Waals surface area contributed by atoms with Gasteiger partial charge >= 0.3 is 6.03 Å². The van der Waals surface area contributed by atoms with Crippen molar-refractivity contribution in [2.45, 2.75) is 22.6 Å². The number of rotatable bonds is 2. The van der Waals surface area contributed by atoms with Gasteiger partial charge in [0, 0.05) is 42.9 Å². The summed E-state index contributed by atoms with van der Waals surface area (Å²) in [5.74, 6) is 0. The Kier molecular flexibility index (Phi) is 3.11. The summed E-state index contributed by atoms with van der Waals surface area (Å²) in [7, 11) is 0. The number of piperazine rings is 1. The van der Waals surface area contributed by atoms with Gasteiger partial charge in [0.05, 0.1) is 6.04 Å². The lowest BCUT2D eigenvalue weighted by Gasteiger charge is -2.37. The average molecular weight is 289 g/mol. The first kappa shape index (κ1) is 12.5. The molecule has 5 heteroatoms. The Morgan fingerprint density at radius 3 is 3.10 bits per heavy atom. The molecule has 3 aliphatic rings. The number of amides is 2. The largest absolute Gasteiger partial charge is 0.336 e. The van der Waals surface area contributed by atoms with Crippen molar-refractivity contribution in [1.82, 2.24) is 15.1 Å². The highest BCUT2D eigenvalue weighted by Gasteiger charge is 2.36. The van der Waals surface area contributed by atoms with Crippen LogP contribution in [-0.4, -0.2) is 59.8 Å². The number of carbonyl (C=O) groups is 1. The molecule has 2 fully saturated rings. The Labute approximate surface area is 123 Å². The molecule has 106 valence electrons. The zero-order valence-electron chi connectivity index (χ0n) is 11.4. The fourth-order valence-corrected chi connectivity index (χ4v) is 4.85. The summed E-state index contributed by atoms with van der Waals surface area (Å²) in [6.07, 6.45) is 1.18. The summed E-state index contributed by atoms with van der Waals surface area (Å²) in [5.41, 5.74) is 1.50. The van der Waals surface area contributed by atoms with Gasteiger partial charge in [0.2, 0.25) is 0 Å². The number of thioether (sulfide) groups is 1. The molecule has 3 aliphatic heterocycles. The van der Waals surface area contributed by atoms with E-state index in [4.69, 9.17) is 0 Å². The van der Waals surface area contributed by atoms with E-state index in [1.54, 1.807) is 0 Å². The highest BCUT2D eigenvalue weighted by molar-refractivity contribution is 8.00. The molecule has 0 aromatic heterocycles. The highest BCUT2D eigenvalue weighted by atomic mass is 32.2. The zero-order valence-corrected chi connectivity index (χ0v) is 12.2. The van der Waals surface area contributed by atoms with Crippen LogP contribution in [0.25, 0.3) is 0 Å². The number of nitrogens with one attached hydrogen (secondary N) is 1. The second-order valence-corrected chi connectivity index (χ2v) is 7.19. The fourth-order valence-electron chi connectivity index (χ4n) is 3.48. The van der Waals surface area contributed by atoms with E-state index in [-0.39, 0.29) is 6.03 Å². The summed E-state index contributed by atoms with van der Waals surface area (Å²) < 4.78 is 0. The van der Waals surface area contributed by atoms with Crippen LogP contribution < -0.4 is 5.32 Å². The Morgan fingerprint density at radius 1 is 1.30 bits per heavy atom. The van der Waals surface area contributed by atoms with Crippen molar-refractivity contribution in [2.75, 3.05) is 32.7 Å². The minimum Gasteiger partial charge on any atom is -0.336 e. The minimum atomic E-state index is 0.122. The Morgan fingerprint density at radius 2 is 2.20 bits per heavy atom. The van der Waals surface area contributed by atoms with E-state index in [2.05, 4.69) is 34.5 Å². The lowest BCUT2D eigenvalue weighted by Crippen LogP contribution is -2.53. The maximum absolute atomic E-state index is 11.6. The number of benzene rings is 1. The SMILES string of the molecule is O=C1NCC2CN(CC3Cc4ccccc4S3)CCN12. The number of fused-ring (bicyclic) bond motifs is 2. The van der Waals surface area contributed by atoms with Crippen LogP contribution >= 0.6 is 11.8 Å². The van der Waals surface area contributed by atoms with Gasteiger partial charge in [-0.05, 0) is 18.1 Å². The van der Waals surface area contributed by atoms with Crippen molar-refractivity contribution in [1.29, 1.82) is 0 Å². The first-order chi connectivity index (χ1) is 9.79. The maximum atomic E-state index is 11.6. The van der Waals surface area contributed by atoms with Crippen molar-refractivity contribution in [2.24, 2.45) is 0 Å². The number of nitrogens with zero attached hydrogens (tertiary/aromatic N) is 2. The molecule has 0 radical (unpaired) electrons. The quantitative estimate of drug-likeness (QED) is 0.894. The lowest BCUT2D eigenvalue weighted by molar-refractivity contribution is 0.122. The number of urea groups is 1. The molecule has 4 nitrogen and oxygen atoms in total. The molecule has 0 bridgehead atoms. The first-order valence-electron chi connectivity index (χ1n) is 7.31. The smallest absolute Gasteiger partial charge is 0.317 e. The van der Waals surface area contributed by atoms with Gasteiger partial charge in [0.15, 0.2) is 0 Å². The monoisotopic (exact) mass is 289 g/mol. The van der Waals surface area contributed by atoms with Gasteiger partial charge in [-0.15, -0.1) is 11.8 Å². The molecule has 0 spiro atoms. The van der Waals surface area contributed by atoms with E-state index >= 15 is 0 Å². The van der Waals surface area contributed by atoms with Gasteiger partial charge in [0.1, 0.15) is 0 Å². The summed E-state index contributed by atoms with van der Waals surface area (Å²) in [5, 5.41) is 3.62. The van der Waals surface area contributed by atoms with Gasteiger partial charge in [0.25, 0.3) is 0 Å². The standard InChI is InChI=1S/C15H19N3OS/c19-15-16-8-12-9-17(5-6-18(12)15)10-13-7-11-3-1-2-4-14(11)20-13/h1-4,12-13H,5-10H2,(H,16,19). The number of hydrogen-bond acceptors (Lipinski definition) is 3. The second-order valence-electron chi connectivity index (χ2n) is 5.84. The van der Waals surface area contributed by atoms with E-state index in [9.17, 15) is 4.79 Å². The van der Waals surface area contributed by atoms with Gasteiger partial charge in [-0.25, -0.2) is 4.79 Å². The van der Waals surface area contributed by atoms with Crippen LogP contribution in [0.1, 0.15) is 5.56 Å². The number of hydrogen-bond donors (Lipinski definition) is 1. The van der Waals surface area contributed by atoms with Crippen LogP contribution in [0.2, 0.25) is 0 Å². The van der Waals surface area contributed by atoms with Gasteiger partial charge in [-0.2, -0.15) is 0 Å². The van der Waals surface area contributed by atoms with E-state index in [0.29, 0.717) is 11.3 Å². The first-order valence-corrected chi connectivity index (χ1v) is 8.19. The Balaban J connectivity index is 1.36. The van der Waals surface area contributed by atoms with Crippen LogP contribution in [0.4, 0.5) is 4.79 Å². The van der Waals surface area contributed by atoms with Crippen molar-refractivity contribution in [3.05, 3.63) is 29.8 Å². The third kappa shape index (κ3) is 2.19. The molecule has 1 aromatic rings. The zero-order chi connectivity index (χ0) is 13.5. The van der Waals surface area contributed by atoms with Crippen LogP contribution in [0.5, 0.6) is 0 Å². The van der Waals surface area contributed by atoms with Gasteiger partial charge in [-0.3, -0.25) is 4.90 Å². The molecule has 4 rings (SSSR count). The summed E-state index contributed by atoms with van der Waals surface area (Å²) in [4.78, 5) is 17.6. The van der Waals surface area contributed by atoms with Gasteiger partial charge in [-0.1, -0.05) is 18.2 Å². The average Bonchev–Trinajstić information content (AvgIpc) is 3.02. The van der Waals surface area contributed by atoms with E-state index in [0.717, 1.165) is 32.7 Å². The van der Waals surface area contributed by atoms with Crippen molar-refractivity contribution in [3.63, 3.8) is 0 Å². The normalized spacial score (nSPS) is 29.2. The molecule has 1 aromatic carbocycles. The topological polar surface area (TPSA) is 35.6 Å². The highest BCUT2D eigenvalue weighted by Crippen LogP contribution is 2.37. The van der Waals surface area contributed by atoms with Crippen molar-refractivity contribution in [3.8, 4) is 0 Å². The lowest BCUT2D eigenvalue weighted by atomic mass is 10.1. The Bertz CT molecular complexity index is 511. The predicted molar refractivity (Wildman–Crippen MR) is 80.1 cm³/mol. The molecule has 2 saturated heterocycles. The van der Waals surface area contributed by atoms with Crippen LogP contribution in [-0.2, 0) is 6.42 Å². The summed E-state index contributed by atoms with van der Waals surface area (Å²) in [6.45, 7) is 4.86. The summed E-state index contributed by atoms with van der Waals surface area (Å²) in [6, 6.07) is 9.25. The molecule has 0 saturated carbocycles. The Hall–Kier alpha value is -1.20. The van der Waals surface area contributed by atoms with Crippen LogP contribution in [0, 0.1) is 0 Å². The number of carbonyl (C=O) groups excluding carboxylic acids is 1. The molecule has 2 atom stereocenters. The minimum absolute atomic E-state index is 0.122. The molecule has 3 heterocycles. The van der Waals surface area contributed by atoms with Crippen LogP contribution in [0.3, 0.4) is 0 Å². The molecular formula is C15H19N3OS. The molecule has 2 amide bonds. The molecule has 1 N–H and O–H groups in total. The van der Waals surface area contributed by atoms with E-state index < -0.39 is 0 Å². The van der Waals surface area contributed by atoms with Gasteiger partial charge < -0.3 is 10.2 Å². The van der Waals surface area contributed by atoms with Crippen molar-refractivity contribution >= 4 is 17.8 Å². The molecule has 2 unspecified atom stereocenters. The van der Waals surface area contributed by atoms with Crippen LogP contribution in [0.15, 0.2) is 29.2 Å². The predicted octanol–water partition coefficient (Wildman–Crippen LogP) is 1.41. The maximum Gasteiger partial charge on any atom is 0.317 e. The molecule has 0 aliphatic carbocycles. The third-order valence-electron chi connectivity index (χ3n) is 4.49. The van der Waals surface area contributed by atoms with E-state index in [1.165, 1.54) is 16.9 Å². The fraction of sp³-hybridized carbons (Fsp3) is 0.533. The van der Waals surface area contributed by atoms with Crippen molar-refractivity contribution < 1.29 is 4.79 Å².